The van der Waals surface area contributed by atoms with Crippen molar-refractivity contribution in [2.45, 2.75) is 29.1 Å². The molecule has 77 valence electrons. The van der Waals surface area contributed by atoms with E-state index in [0.717, 1.165) is 17.9 Å². The summed E-state index contributed by atoms with van der Waals surface area (Å²) in [6, 6.07) is 0. The van der Waals surface area contributed by atoms with Crippen LogP contribution in [0.25, 0.3) is 0 Å². The van der Waals surface area contributed by atoms with Gasteiger partial charge in [-0.05, 0) is 0 Å². The SMILES string of the molecule is [CH3][Zr]([CH3])([CH3])([CH3])([NH2])([SiH3])[CH2]C1=CC=CC1. The zero-order chi connectivity index (χ0) is 10.5. The number of nitrogens with two attached hydrogens (primary N) is 1. The second-order valence-electron chi connectivity index (χ2n) is 10.0. The molecule has 0 unspecified atom stereocenters. The summed E-state index contributed by atoms with van der Waals surface area (Å²) in [5, 5.41) is 0. The standard InChI is InChI=1S/C6H7.4CH3.H2N.H3Si.Zr/c1-6-4-2-3-5-6;;;;;;;/h2-4H,1,5H2;4*1H3;1H2;1H3;/q;;;;;-1;;+1. The Morgan fingerprint density at radius 1 is 1.38 bits per heavy atom. The van der Waals surface area contributed by atoms with E-state index < -0.39 is 15.3 Å². The van der Waals surface area contributed by atoms with Gasteiger partial charge in [-0.25, -0.2) is 0 Å². The van der Waals surface area contributed by atoms with Gasteiger partial charge in [0.05, 0.1) is 0 Å². The van der Waals surface area contributed by atoms with Crippen LogP contribution in [-0.2, 0) is 15.3 Å². The van der Waals surface area contributed by atoms with Crippen LogP contribution in [0, 0.1) is 0 Å². The molecule has 2 N–H and O–H groups in total. The predicted molar refractivity (Wildman–Crippen MR) is 64.2 cm³/mol. The molecule has 3 heteroatoms. The third-order valence-corrected chi connectivity index (χ3v) is 10.1. The third kappa shape index (κ3) is 5.77. The van der Waals surface area contributed by atoms with Gasteiger partial charge in [-0.1, -0.05) is 0 Å². The van der Waals surface area contributed by atoms with Crippen molar-refractivity contribution < 1.29 is 15.3 Å². The van der Waals surface area contributed by atoms with Crippen LogP contribution in [0.5, 0.6) is 0 Å². The molecule has 0 bridgehead atoms. The van der Waals surface area contributed by atoms with Crippen LogP contribution in [0.2, 0.25) is 22.7 Å². The Labute approximate surface area is 78.8 Å². The summed E-state index contributed by atoms with van der Waals surface area (Å²) in [5.41, 5.74) is 1.54. The van der Waals surface area contributed by atoms with Gasteiger partial charge in [0, 0.05) is 0 Å². The van der Waals surface area contributed by atoms with Gasteiger partial charge in [-0.15, -0.1) is 0 Å². The van der Waals surface area contributed by atoms with Crippen molar-refractivity contribution in [3.8, 4) is 0 Å². The molecule has 1 aliphatic carbocycles. The van der Waals surface area contributed by atoms with Crippen LogP contribution in [0.3, 0.4) is 0 Å². The predicted octanol–water partition coefficient (Wildman–Crippen LogP) is 2.40. The van der Waals surface area contributed by atoms with Crippen molar-refractivity contribution in [3.63, 3.8) is 0 Å². The van der Waals surface area contributed by atoms with Gasteiger partial charge in [0.25, 0.3) is 0 Å². The zero-order valence-corrected chi connectivity index (χ0v) is 14.2. The zero-order valence-electron chi connectivity index (χ0n) is 9.72. The average molecular weight is 278 g/mol. The van der Waals surface area contributed by atoms with E-state index in [4.69, 9.17) is 3.68 Å². The van der Waals surface area contributed by atoms with Crippen LogP contribution in [0.15, 0.2) is 23.8 Å². The minimum absolute atomic E-state index is 1.12. The van der Waals surface area contributed by atoms with Crippen LogP contribution in [-0.4, -0.2) is 7.37 Å². The molecule has 0 heterocycles. The normalized spacial score (nSPS) is 25.9. The van der Waals surface area contributed by atoms with E-state index in [9.17, 15) is 0 Å². The number of hydrogen-bond donors (Lipinski definition) is 1. The first-order valence-electron chi connectivity index (χ1n) is 5.21. The molecule has 0 saturated heterocycles. The summed E-state index contributed by atoms with van der Waals surface area (Å²) in [6.45, 7) is 0. The van der Waals surface area contributed by atoms with E-state index in [1.54, 1.807) is 0 Å². The van der Waals surface area contributed by atoms with E-state index in [1.807, 2.05) is 0 Å². The molecular formula is C10H24NSiZr. The molecule has 0 spiro atoms. The molecule has 0 aromatic carbocycles. The number of hydrogen-bond acceptors (Lipinski definition) is 1. The Hall–Kier alpha value is 0.540. The second kappa shape index (κ2) is 1.91. The Kier molecular flexibility index (Phi) is 1.71. The number of allylic oxidation sites excluding steroid dienone is 4. The molecule has 0 aliphatic heterocycles. The summed E-state index contributed by atoms with van der Waals surface area (Å²) >= 11 is -3.58. The molecule has 0 aromatic heterocycles. The molecule has 1 aliphatic rings. The first-order chi connectivity index (χ1) is 5.26. The van der Waals surface area contributed by atoms with Crippen LogP contribution in [0.1, 0.15) is 6.42 Å². The van der Waals surface area contributed by atoms with Crippen LogP contribution < -0.4 is 3.68 Å². The van der Waals surface area contributed by atoms with Crippen LogP contribution >= 0.6 is 0 Å². The van der Waals surface area contributed by atoms with Gasteiger partial charge in [-0.2, -0.15) is 0 Å². The summed E-state index contributed by atoms with van der Waals surface area (Å²) in [5.74, 6) is 0. The molecule has 0 saturated carbocycles. The molecule has 0 radical (unpaired) electrons. The first-order valence-corrected chi connectivity index (χ1v) is 26.6. The fourth-order valence-corrected chi connectivity index (χ4v) is 11.4. The van der Waals surface area contributed by atoms with Crippen LogP contribution in [0.4, 0.5) is 0 Å². The van der Waals surface area contributed by atoms with E-state index in [2.05, 4.69) is 36.8 Å². The summed E-state index contributed by atoms with van der Waals surface area (Å²) in [4.78, 5) is 0. The Morgan fingerprint density at radius 2 is 1.92 bits per heavy atom. The Morgan fingerprint density at radius 3 is 2.23 bits per heavy atom. The van der Waals surface area contributed by atoms with E-state index >= 15 is 0 Å². The summed E-state index contributed by atoms with van der Waals surface area (Å²) in [6.07, 6.45) is 7.75. The fourth-order valence-electron chi connectivity index (χ4n) is 1.89. The first kappa shape index (κ1) is 11.6. The van der Waals surface area contributed by atoms with Crippen molar-refractivity contribution in [1.29, 1.82) is 0 Å². The van der Waals surface area contributed by atoms with Crippen molar-refractivity contribution in [3.05, 3.63) is 23.8 Å². The molecule has 13 heavy (non-hydrogen) atoms. The van der Waals surface area contributed by atoms with Crippen molar-refractivity contribution in [1.82, 2.24) is 0 Å². The second-order valence-corrected chi connectivity index (χ2v) is 83.6. The Balaban J connectivity index is 2.99. The fraction of sp³-hybridized carbons (Fsp3) is 0.600. The van der Waals surface area contributed by atoms with Crippen molar-refractivity contribution >= 4 is 7.37 Å². The molecular weight excluding hydrogens is 253 g/mol. The molecule has 0 atom stereocenters. The Bertz CT molecular complexity index is 303. The maximum absolute atomic E-state index is 6.83. The summed E-state index contributed by atoms with van der Waals surface area (Å²) < 4.78 is 17.5. The van der Waals surface area contributed by atoms with E-state index in [-0.39, 0.29) is 0 Å². The average Bonchev–Trinajstić information content (AvgIpc) is 2.05. The molecule has 1 nitrogen and oxygen atoms in total. The van der Waals surface area contributed by atoms with Gasteiger partial charge in [0.1, 0.15) is 0 Å². The third-order valence-electron chi connectivity index (χ3n) is 2.06. The topological polar surface area (TPSA) is 26.0 Å². The van der Waals surface area contributed by atoms with Gasteiger partial charge in [0.15, 0.2) is 0 Å². The van der Waals surface area contributed by atoms with Gasteiger partial charge >= 0.3 is 79.2 Å². The molecule has 0 fully saturated rings. The van der Waals surface area contributed by atoms with Gasteiger partial charge in [0.2, 0.25) is 0 Å². The van der Waals surface area contributed by atoms with E-state index in [1.165, 1.54) is 5.57 Å². The molecule has 1 rings (SSSR count). The minimum atomic E-state index is -3.58. The van der Waals surface area contributed by atoms with Crippen molar-refractivity contribution in [2.24, 2.45) is 3.68 Å². The molecule has 0 amide bonds. The summed E-state index contributed by atoms with van der Waals surface area (Å²) in [7, 11) is 1.14. The van der Waals surface area contributed by atoms with Gasteiger partial charge in [-0.3, -0.25) is 0 Å². The quantitative estimate of drug-likeness (QED) is 0.771. The number of rotatable bonds is 2. The van der Waals surface area contributed by atoms with Crippen molar-refractivity contribution in [2.75, 3.05) is 0 Å². The van der Waals surface area contributed by atoms with Gasteiger partial charge < -0.3 is 0 Å². The van der Waals surface area contributed by atoms with E-state index in [0.29, 0.717) is 0 Å². The maximum atomic E-state index is 6.83. The monoisotopic (exact) mass is 276 g/mol. The molecule has 0 aromatic rings.